The Labute approximate surface area is 257 Å². The molecule has 1 heterocycles. The van der Waals surface area contributed by atoms with Gasteiger partial charge in [0.15, 0.2) is 0 Å². The fraction of sp³-hybridized carbons (Fsp3) is 0.314. The third-order valence-electron chi connectivity index (χ3n) is 7.70. The quantitative estimate of drug-likeness (QED) is 0.188. The third-order valence-corrected chi connectivity index (χ3v) is 7.70. The lowest BCUT2D eigenvalue weighted by Crippen LogP contribution is -2.52. The van der Waals surface area contributed by atoms with E-state index in [1.165, 1.54) is 23.1 Å². The minimum Gasteiger partial charge on any atom is -0.481 e. The number of amides is 4. The van der Waals surface area contributed by atoms with Gasteiger partial charge in [0.2, 0.25) is 5.91 Å². The summed E-state index contributed by atoms with van der Waals surface area (Å²) in [5.41, 5.74) is 1.90. The van der Waals surface area contributed by atoms with Crippen LogP contribution in [0.3, 0.4) is 0 Å². The maximum Gasteiger partial charge on any atom is 0.328 e. The molecule has 230 valence electrons. The van der Waals surface area contributed by atoms with Crippen molar-refractivity contribution in [2.75, 3.05) is 0 Å². The number of halogens is 1. The predicted molar refractivity (Wildman–Crippen MR) is 166 cm³/mol. The molecule has 0 bridgehead atoms. The highest BCUT2D eigenvalue weighted by molar-refractivity contribution is 6.09. The fourth-order valence-corrected chi connectivity index (χ4v) is 5.27. The minimum absolute atomic E-state index is 0.0768. The van der Waals surface area contributed by atoms with Crippen LogP contribution in [-0.4, -0.2) is 50.3 Å². The zero-order valence-corrected chi connectivity index (χ0v) is 25.4. The molecular weight excluding hydrogens is 561 g/mol. The summed E-state index contributed by atoms with van der Waals surface area (Å²) >= 11 is 0. The first kappa shape index (κ1) is 32.1. The van der Waals surface area contributed by atoms with E-state index in [-0.39, 0.29) is 24.4 Å². The molecule has 0 aliphatic carbocycles. The number of nitrogens with one attached hydrogen (secondary N) is 1. The summed E-state index contributed by atoms with van der Waals surface area (Å²) in [7, 11) is 0. The molecule has 4 rings (SSSR count). The normalized spacial score (nSPS) is 16.0. The molecule has 0 radical (unpaired) electrons. The fourth-order valence-electron chi connectivity index (χ4n) is 5.27. The van der Waals surface area contributed by atoms with Gasteiger partial charge in [0, 0.05) is 6.54 Å². The van der Waals surface area contributed by atoms with E-state index in [4.69, 9.17) is 0 Å². The maximum absolute atomic E-state index is 14.0. The Kier molecular flexibility index (Phi) is 9.98. The lowest BCUT2D eigenvalue weighted by molar-refractivity contribution is -0.140. The number of hydrogen-bond donors (Lipinski definition) is 2. The summed E-state index contributed by atoms with van der Waals surface area (Å²) in [5, 5.41) is 12.2. The molecule has 1 fully saturated rings. The van der Waals surface area contributed by atoms with Crippen molar-refractivity contribution in [1.82, 2.24) is 15.1 Å². The van der Waals surface area contributed by atoms with Gasteiger partial charge in [-0.15, -0.1) is 0 Å². The molecule has 2 atom stereocenters. The summed E-state index contributed by atoms with van der Waals surface area (Å²) in [4.78, 5) is 55.4. The molecule has 44 heavy (non-hydrogen) atoms. The predicted octanol–water partition coefficient (Wildman–Crippen LogP) is 6.29. The van der Waals surface area contributed by atoms with Gasteiger partial charge in [0.25, 0.3) is 5.91 Å². The molecule has 4 amide bonds. The van der Waals surface area contributed by atoms with Gasteiger partial charge in [-0.05, 0) is 60.6 Å². The number of hydrogen-bond acceptors (Lipinski definition) is 4. The Morgan fingerprint density at radius 3 is 2.16 bits per heavy atom. The van der Waals surface area contributed by atoms with Gasteiger partial charge in [-0.2, -0.15) is 0 Å². The average Bonchev–Trinajstić information content (AvgIpc) is 3.14. The van der Waals surface area contributed by atoms with Crippen LogP contribution in [0, 0.1) is 11.7 Å². The summed E-state index contributed by atoms with van der Waals surface area (Å²) in [5.74, 6) is -3.04. The maximum atomic E-state index is 14.0. The Hall–Kier alpha value is -4.79. The number of benzene rings is 3. The van der Waals surface area contributed by atoms with Crippen LogP contribution in [0.25, 0.3) is 12.2 Å². The second-order valence-corrected chi connectivity index (χ2v) is 11.9. The Morgan fingerprint density at radius 1 is 0.932 bits per heavy atom. The number of nitrogens with zero attached hydrogens (tertiary/aromatic N) is 2. The second-order valence-electron chi connectivity index (χ2n) is 11.9. The van der Waals surface area contributed by atoms with E-state index in [0.717, 1.165) is 27.7 Å². The van der Waals surface area contributed by atoms with Gasteiger partial charge in [0.1, 0.15) is 17.4 Å². The lowest BCUT2D eigenvalue weighted by atomic mass is 9.98. The van der Waals surface area contributed by atoms with Crippen molar-refractivity contribution in [2.24, 2.45) is 5.92 Å². The molecule has 8 nitrogen and oxygen atoms in total. The van der Waals surface area contributed by atoms with Crippen molar-refractivity contribution < 1.29 is 28.7 Å². The highest BCUT2D eigenvalue weighted by Crippen LogP contribution is 2.33. The van der Waals surface area contributed by atoms with Gasteiger partial charge in [-0.1, -0.05) is 92.7 Å². The number of rotatable bonds is 12. The van der Waals surface area contributed by atoms with E-state index in [9.17, 15) is 28.7 Å². The van der Waals surface area contributed by atoms with Crippen LogP contribution in [0.1, 0.15) is 68.8 Å². The average molecular weight is 600 g/mol. The van der Waals surface area contributed by atoms with Crippen LogP contribution >= 0.6 is 0 Å². The molecule has 3 aromatic carbocycles. The molecule has 1 unspecified atom stereocenters. The Bertz CT molecular complexity index is 1540. The number of aliphatic carboxylic acids is 1. The van der Waals surface area contributed by atoms with E-state index < -0.39 is 53.7 Å². The smallest absolute Gasteiger partial charge is 0.328 e. The molecule has 2 N–H and O–H groups in total. The monoisotopic (exact) mass is 599 g/mol. The first-order chi connectivity index (χ1) is 20.9. The second kappa shape index (κ2) is 13.7. The number of carbonyl (C=O) groups excluding carboxylic acids is 3. The van der Waals surface area contributed by atoms with Crippen molar-refractivity contribution in [1.29, 1.82) is 0 Å². The highest BCUT2D eigenvalue weighted by Gasteiger charge is 2.54. The van der Waals surface area contributed by atoms with Crippen molar-refractivity contribution in [3.05, 3.63) is 107 Å². The SMILES string of the molecule is CC(C)C[C@@H](C(=O)NC(CC(=O)O)c1cccc(F)c1)N1C(=O)N(Cc2ccc(/C=C/c3ccccc3)cc2)C(C)(C)C1=O. The van der Waals surface area contributed by atoms with Crippen LogP contribution < -0.4 is 5.32 Å². The van der Waals surface area contributed by atoms with E-state index in [2.05, 4.69) is 5.32 Å². The Morgan fingerprint density at radius 2 is 1.57 bits per heavy atom. The van der Waals surface area contributed by atoms with Gasteiger partial charge < -0.3 is 15.3 Å². The molecule has 1 saturated heterocycles. The zero-order valence-electron chi connectivity index (χ0n) is 25.4. The molecule has 0 saturated carbocycles. The van der Waals surface area contributed by atoms with Crippen LogP contribution in [0.4, 0.5) is 9.18 Å². The van der Waals surface area contributed by atoms with Gasteiger partial charge in [0.05, 0.1) is 12.5 Å². The summed E-state index contributed by atoms with van der Waals surface area (Å²) in [6.07, 6.45) is 3.66. The van der Waals surface area contributed by atoms with E-state index in [1.54, 1.807) is 13.8 Å². The summed E-state index contributed by atoms with van der Waals surface area (Å²) < 4.78 is 14.0. The lowest BCUT2D eigenvalue weighted by Gasteiger charge is -2.29. The molecular formula is C35H38FN3O5. The van der Waals surface area contributed by atoms with Gasteiger partial charge in [-0.25, -0.2) is 14.1 Å². The molecule has 1 aliphatic rings. The largest absolute Gasteiger partial charge is 0.481 e. The molecule has 1 aliphatic heterocycles. The van der Waals surface area contributed by atoms with Crippen LogP contribution in [0.5, 0.6) is 0 Å². The van der Waals surface area contributed by atoms with Crippen molar-refractivity contribution in [3.63, 3.8) is 0 Å². The topological polar surface area (TPSA) is 107 Å². The first-order valence-electron chi connectivity index (χ1n) is 14.6. The van der Waals surface area contributed by atoms with E-state index in [0.29, 0.717) is 0 Å². The third kappa shape index (κ3) is 7.58. The van der Waals surface area contributed by atoms with Crippen molar-refractivity contribution in [3.8, 4) is 0 Å². The van der Waals surface area contributed by atoms with Gasteiger partial charge in [-0.3, -0.25) is 14.4 Å². The summed E-state index contributed by atoms with van der Waals surface area (Å²) in [6.45, 7) is 7.17. The number of carboxylic acid groups (broad SMARTS) is 1. The highest BCUT2D eigenvalue weighted by atomic mass is 19.1. The minimum atomic E-state index is -1.23. The Balaban J connectivity index is 1.55. The van der Waals surface area contributed by atoms with Crippen molar-refractivity contribution in [2.45, 2.75) is 64.7 Å². The number of urea groups is 1. The van der Waals surface area contributed by atoms with Crippen LogP contribution in [0.15, 0.2) is 78.9 Å². The number of imide groups is 1. The molecule has 9 heteroatoms. The number of carbonyl (C=O) groups is 4. The number of carboxylic acids is 1. The zero-order chi connectivity index (χ0) is 32.0. The van der Waals surface area contributed by atoms with E-state index >= 15 is 0 Å². The standard InChI is InChI=1S/C35H38FN3O5/c1-23(2)19-30(32(42)37-29(21-31(40)41)27-11-8-12-28(36)20-27)39-33(43)35(3,4)38(34(39)44)22-26-17-15-25(16-18-26)14-13-24-9-6-5-7-10-24/h5-18,20,23,29-30H,19,21-22H2,1-4H3,(H,37,42)(H,40,41)/b14-13+/t29?,30-/m0/s1. The molecule has 0 aromatic heterocycles. The molecule has 0 spiro atoms. The van der Waals surface area contributed by atoms with Crippen LogP contribution in [0.2, 0.25) is 0 Å². The van der Waals surface area contributed by atoms with Crippen LogP contribution in [-0.2, 0) is 20.9 Å². The van der Waals surface area contributed by atoms with Gasteiger partial charge >= 0.3 is 12.0 Å². The molecule has 3 aromatic rings. The van der Waals surface area contributed by atoms with Crippen molar-refractivity contribution >= 4 is 36.0 Å². The first-order valence-corrected chi connectivity index (χ1v) is 14.6. The van der Waals surface area contributed by atoms with E-state index in [1.807, 2.05) is 80.6 Å². The summed E-state index contributed by atoms with van der Waals surface area (Å²) in [6, 6.07) is 20.1.